The molecule has 0 aromatic rings. The van der Waals surface area contributed by atoms with Gasteiger partial charge in [0.1, 0.15) is 17.3 Å². The number of aliphatic hydroxyl groups is 4. The van der Waals surface area contributed by atoms with Gasteiger partial charge in [-0.3, -0.25) is 9.59 Å². The van der Waals surface area contributed by atoms with Gasteiger partial charge in [-0.1, -0.05) is 124 Å². The Balaban J connectivity index is 1.62. The Kier molecular flexibility index (Phi) is 13.2. The van der Waals surface area contributed by atoms with E-state index in [4.69, 9.17) is 9.47 Å². The summed E-state index contributed by atoms with van der Waals surface area (Å²) in [6.07, 6.45) is 17.4. The number of fused-ring (bicyclic) bond motifs is 5. The molecule has 274 valence electrons. The average Bonchev–Trinajstić information content (AvgIpc) is 3.47. The number of unbranched alkanes of at least 4 members (excludes halogenated alkanes) is 12. The number of carbonyl (C=O) groups excluding carboxylic acids is 2. The zero-order valence-electron chi connectivity index (χ0n) is 30.8. The van der Waals surface area contributed by atoms with E-state index in [-0.39, 0.29) is 25.4 Å². The third-order valence-electron chi connectivity index (χ3n) is 12.6. The first-order valence-electron chi connectivity index (χ1n) is 19.3. The minimum Gasteiger partial charge on any atom is -0.459 e. The van der Waals surface area contributed by atoms with Crippen LogP contribution in [0.5, 0.6) is 0 Å². The molecule has 0 saturated heterocycles. The molecule has 48 heavy (non-hydrogen) atoms. The van der Waals surface area contributed by atoms with Crippen LogP contribution in [0.3, 0.4) is 0 Å². The minimum atomic E-state index is -1.92. The normalized spacial score (nSPS) is 35.5. The predicted molar refractivity (Wildman–Crippen MR) is 187 cm³/mol. The van der Waals surface area contributed by atoms with Crippen LogP contribution in [0.4, 0.5) is 0 Å². The van der Waals surface area contributed by atoms with Crippen LogP contribution in [-0.2, 0) is 19.1 Å². The van der Waals surface area contributed by atoms with Crippen molar-refractivity contribution in [2.24, 2.45) is 29.1 Å². The number of rotatable bonds is 20. The van der Waals surface area contributed by atoms with Crippen molar-refractivity contribution in [3.63, 3.8) is 0 Å². The Labute approximate surface area is 289 Å². The second-order valence-electron chi connectivity index (χ2n) is 16.2. The van der Waals surface area contributed by atoms with E-state index in [9.17, 15) is 30.0 Å². The van der Waals surface area contributed by atoms with Gasteiger partial charge in [-0.15, -0.1) is 0 Å². The number of esters is 1. The van der Waals surface area contributed by atoms with Gasteiger partial charge in [-0.25, -0.2) is 0 Å². The number of aliphatic hydroxyl groups excluding tert-OH is 2. The van der Waals surface area contributed by atoms with Crippen LogP contribution in [-0.4, -0.2) is 68.0 Å². The van der Waals surface area contributed by atoms with Crippen molar-refractivity contribution in [1.82, 2.24) is 0 Å². The Morgan fingerprint density at radius 3 is 2.06 bits per heavy atom. The molecule has 0 aliphatic heterocycles. The molecular formula is C40H66O8. The Bertz CT molecular complexity index is 1180. The van der Waals surface area contributed by atoms with Crippen LogP contribution in [0.15, 0.2) is 23.3 Å². The summed E-state index contributed by atoms with van der Waals surface area (Å²) in [5.41, 5.74) is -4.47. The molecule has 2 fully saturated rings. The van der Waals surface area contributed by atoms with Gasteiger partial charge in [0.05, 0.1) is 12.2 Å². The molecule has 2 saturated carbocycles. The maximum absolute atomic E-state index is 13.6. The van der Waals surface area contributed by atoms with Gasteiger partial charge in [-0.05, 0) is 37.3 Å². The van der Waals surface area contributed by atoms with E-state index in [1.807, 2.05) is 26.8 Å². The van der Waals surface area contributed by atoms with Crippen LogP contribution in [0.25, 0.3) is 0 Å². The van der Waals surface area contributed by atoms with E-state index in [0.717, 1.165) is 38.5 Å². The first-order chi connectivity index (χ1) is 22.8. The third kappa shape index (κ3) is 7.26. The zero-order chi connectivity index (χ0) is 35.3. The molecule has 0 aromatic heterocycles. The molecule has 4 aliphatic carbocycles. The smallest absolute Gasteiger partial charge is 0.306 e. The van der Waals surface area contributed by atoms with Crippen molar-refractivity contribution in [1.29, 1.82) is 0 Å². The van der Waals surface area contributed by atoms with Gasteiger partial charge < -0.3 is 29.9 Å². The van der Waals surface area contributed by atoms with E-state index in [2.05, 4.69) is 13.8 Å². The van der Waals surface area contributed by atoms with Gasteiger partial charge in [-0.2, -0.15) is 0 Å². The first kappa shape index (κ1) is 39.2. The molecule has 1 unspecified atom stereocenters. The minimum absolute atomic E-state index is 0.0863. The van der Waals surface area contributed by atoms with Gasteiger partial charge in [0.15, 0.2) is 12.1 Å². The molecule has 4 aliphatic rings. The summed E-state index contributed by atoms with van der Waals surface area (Å²) in [7, 11) is 0. The lowest BCUT2D eigenvalue weighted by atomic mass is 9.59. The molecule has 0 heterocycles. The van der Waals surface area contributed by atoms with Crippen LogP contribution in [0.2, 0.25) is 0 Å². The Morgan fingerprint density at radius 1 is 0.917 bits per heavy atom. The molecule has 0 spiro atoms. The molecule has 8 nitrogen and oxygen atoms in total. The van der Waals surface area contributed by atoms with Crippen LogP contribution in [0, 0.1) is 29.1 Å². The maximum Gasteiger partial charge on any atom is 0.306 e. The maximum atomic E-state index is 13.6. The van der Waals surface area contributed by atoms with Gasteiger partial charge in [0.2, 0.25) is 0 Å². The number of Topliss-reactive ketones (excluding diaryl/α,β-unsaturated/α-hetero) is 1. The predicted octanol–water partition coefficient (Wildman–Crippen LogP) is 7.11. The fourth-order valence-corrected chi connectivity index (χ4v) is 9.85. The molecule has 4 rings (SSSR count). The highest BCUT2D eigenvalue weighted by Crippen LogP contribution is 2.77. The number of hydrogen-bond donors (Lipinski definition) is 4. The van der Waals surface area contributed by atoms with Gasteiger partial charge >= 0.3 is 5.97 Å². The lowest BCUT2D eigenvalue weighted by Gasteiger charge is -2.53. The quantitative estimate of drug-likeness (QED) is 0.0465. The summed E-state index contributed by atoms with van der Waals surface area (Å²) < 4.78 is 13.1. The van der Waals surface area contributed by atoms with Gasteiger partial charge in [0, 0.05) is 41.9 Å². The number of hydrogen-bond acceptors (Lipinski definition) is 8. The lowest BCUT2D eigenvalue weighted by molar-refractivity contribution is -0.259. The van der Waals surface area contributed by atoms with E-state index in [1.165, 1.54) is 44.9 Å². The van der Waals surface area contributed by atoms with Crippen LogP contribution >= 0.6 is 0 Å². The number of carbonyl (C=O) groups is 2. The van der Waals surface area contributed by atoms with E-state index in [0.29, 0.717) is 24.0 Å². The van der Waals surface area contributed by atoms with Crippen molar-refractivity contribution in [2.75, 3.05) is 6.61 Å². The average molecular weight is 675 g/mol. The van der Waals surface area contributed by atoms with Crippen molar-refractivity contribution < 1.29 is 39.5 Å². The number of ketones is 1. The second-order valence-corrected chi connectivity index (χ2v) is 16.2. The van der Waals surface area contributed by atoms with Gasteiger partial charge in [0.25, 0.3) is 0 Å². The Morgan fingerprint density at radius 2 is 1.48 bits per heavy atom. The number of ether oxygens (including phenoxy) is 2. The van der Waals surface area contributed by atoms with Crippen LogP contribution in [0.1, 0.15) is 151 Å². The molecule has 4 N–H and O–H groups in total. The lowest BCUT2D eigenvalue weighted by Crippen LogP contribution is -2.66. The molecule has 0 bridgehead atoms. The standard InChI is InChI=1S/C40H66O8/c1-7-9-11-13-15-17-19-21-32(42)47-36-28(4)39(46)30(24-29(26-41)25-38(45)31(39)23-27(3)35(38)44)34-37(5,6)40(34,36)48-33(43)22-20-18-16-14-12-10-8-2/h23-24,28,30-31,33-34,36,41,43,45-46H,7-22,25-26H2,1-6H3/t28-,30+,31-,33?,34-,36-,38-,39-,40-/m1/s1. The fraction of sp³-hybridized carbons (Fsp3) is 0.850. The second kappa shape index (κ2) is 16.2. The molecule has 0 amide bonds. The molecule has 0 aromatic carbocycles. The van der Waals surface area contributed by atoms with Crippen molar-refractivity contribution in [2.45, 2.75) is 180 Å². The van der Waals surface area contributed by atoms with E-state index >= 15 is 0 Å². The third-order valence-corrected chi connectivity index (χ3v) is 12.6. The molecule has 8 heteroatoms. The summed E-state index contributed by atoms with van der Waals surface area (Å²) in [5, 5.41) is 46.7. The summed E-state index contributed by atoms with van der Waals surface area (Å²) in [5.74, 6) is -3.56. The monoisotopic (exact) mass is 674 g/mol. The highest BCUT2D eigenvalue weighted by atomic mass is 16.6. The van der Waals surface area contributed by atoms with Crippen molar-refractivity contribution in [3.8, 4) is 0 Å². The zero-order valence-corrected chi connectivity index (χ0v) is 30.8. The Hall–Kier alpha value is -1.58. The molecular weight excluding hydrogens is 608 g/mol. The summed E-state index contributed by atoms with van der Waals surface area (Å²) in [6, 6.07) is 0. The van der Waals surface area contributed by atoms with E-state index in [1.54, 1.807) is 13.0 Å². The topological polar surface area (TPSA) is 134 Å². The van der Waals surface area contributed by atoms with Crippen molar-refractivity contribution >= 4 is 11.8 Å². The summed E-state index contributed by atoms with van der Waals surface area (Å²) >= 11 is 0. The fourth-order valence-electron chi connectivity index (χ4n) is 9.85. The SMILES string of the molecule is CCCCCCCCCC(=O)O[C@@H]1[C@@H](C)[C@@]2(O)[C@@H](C=C(CO)C[C@]3(O)C(=O)C(C)=C[C@@H]23)[C@@H]2C(C)(C)[C@]12OC(O)CCCCCCCCC. The largest absolute Gasteiger partial charge is 0.459 e. The highest BCUT2D eigenvalue weighted by molar-refractivity contribution is 6.04. The molecule has 9 atom stereocenters. The van der Waals surface area contributed by atoms with Crippen LogP contribution < -0.4 is 0 Å². The first-order valence-corrected chi connectivity index (χ1v) is 19.3. The van der Waals surface area contributed by atoms with Crippen molar-refractivity contribution in [3.05, 3.63) is 23.3 Å². The summed E-state index contributed by atoms with van der Waals surface area (Å²) in [6.45, 7) is 11.6. The highest BCUT2D eigenvalue weighted by Gasteiger charge is 2.86. The summed E-state index contributed by atoms with van der Waals surface area (Å²) in [4.78, 5) is 27.0. The van der Waals surface area contributed by atoms with E-state index < -0.39 is 64.1 Å². The molecule has 0 radical (unpaired) electrons.